The van der Waals surface area contributed by atoms with Crippen molar-refractivity contribution in [2.75, 3.05) is 6.61 Å². The van der Waals surface area contributed by atoms with E-state index in [4.69, 9.17) is 4.74 Å². The molecule has 0 radical (unpaired) electrons. The fourth-order valence-corrected chi connectivity index (χ4v) is 4.32. The number of allylic oxidation sites excluding steroid dienone is 4. The molecule has 0 amide bonds. The summed E-state index contributed by atoms with van der Waals surface area (Å²) in [5.74, 6) is -0.171. The highest BCUT2D eigenvalue weighted by atomic mass is 16.5. The molecule has 1 aliphatic carbocycles. The van der Waals surface area contributed by atoms with Crippen molar-refractivity contribution in [3.63, 3.8) is 0 Å². The third-order valence-corrected chi connectivity index (χ3v) is 6.58. The van der Waals surface area contributed by atoms with Gasteiger partial charge in [0.2, 0.25) is 0 Å². The Hall–Kier alpha value is -2.81. The number of rotatable bonds is 13. The molecule has 0 saturated heterocycles. The minimum Gasteiger partial charge on any atom is -0.550 e. The van der Waals surface area contributed by atoms with E-state index in [1.807, 2.05) is 6.07 Å². The lowest BCUT2D eigenvalue weighted by Crippen LogP contribution is -2.32. The minimum absolute atomic E-state index is 0.253. The average Bonchev–Trinajstić information content (AvgIpc) is 2.89. The number of hydrogen-bond acceptors (Lipinski definition) is 3. The van der Waals surface area contributed by atoms with E-state index in [1.54, 1.807) is 0 Å². The van der Waals surface area contributed by atoms with Gasteiger partial charge in [-0.2, -0.15) is 0 Å². The van der Waals surface area contributed by atoms with Crippen molar-refractivity contribution >= 4 is 5.97 Å². The van der Waals surface area contributed by atoms with Gasteiger partial charge in [0.1, 0.15) is 5.75 Å². The van der Waals surface area contributed by atoms with E-state index in [-0.39, 0.29) is 5.92 Å². The van der Waals surface area contributed by atoms with Gasteiger partial charge >= 0.3 is 0 Å². The smallest absolute Gasteiger partial charge is 0.119 e. The summed E-state index contributed by atoms with van der Waals surface area (Å²) in [6.45, 7) is 7.28. The molecule has 0 aliphatic heterocycles. The molecule has 0 saturated carbocycles. The lowest BCUT2D eigenvalue weighted by Gasteiger charge is -2.22. The maximum absolute atomic E-state index is 10.6. The number of hydrogen-bond donors (Lipinski definition) is 0. The normalized spacial score (nSPS) is 14.8. The summed E-state index contributed by atoms with van der Waals surface area (Å²) in [5.41, 5.74) is 5.24. The van der Waals surface area contributed by atoms with E-state index in [0.717, 1.165) is 44.5 Å². The number of aliphatic carboxylic acids is 1. The first-order chi connectivity index (χ1) is 17.5. The summed E-state index contributed by atoms with van der Waals surface area (Å²) in [7, 11) is 0. The Morgan fingerprint density at radius 2 is 1.61 bits per heavy atom. The lowest BCUT2D eigenvalue weighted by atomic mass is 9.88. The summed E-state index contributed by atoms with van der Waals surface area (Å²) in [6.07, 6.45) is 16.6. The first kappa shape index (κ1) is 29.4. The van der Waals surface area contributed by atoms with Crippen molar-refractivity contribution in [2.24, 2.45) is 5.92 Å². The molecule has 36 heavy (non-hydrogen) atoms. The van der Waals surface area contributed by atoms with Crippen LogP contribution in [0.15, 0.2) is 77.9 Å². The zero-order valence-electron chi connectivity index (χ0n) is 22.6. The van der Waals surface area contributed by atoms with Gasteiger partial charge in [0, 0.05) is 11.9 Å². The van der Waals surface area contributed by atoms with Gasteiger partial charge in [0.15, 0.2) is 0 Å². The Morgan fingerprint density at radius 1 is 0.944 bits per heavy atom. The number of unbranched alkanes of at least 4 members (excludes halogenated alkanes) is 5. The largest absolute Gasteiger partial charge is 0.550 e. The molecule has 3 heteroatoms. The zero-order chi connectivity index (χ0) is 26.0. The van der Waals surface area contributed by atoms with E-state index in [9.17, 15) is 9.90 Å². The molecular weight excluding hydrogens is 444 g/mol. The number of carboxylic acids is 1. The molecule has 1 aliphatic rings. The second-order valence-electron chi connectivity index (χ2n) is 9.98. The van der Waals surface area contributed by atoms with Crippen LogP contribution in [-0.4, -0.2) is 12.6 Å². The molecule has 3 nitrogen and oxygen atoms in total. The Kier molecular flexibility index (Phi) is 14.4. The molecule has 2 aromatic carbocycles. The van der Waals surface area contributed by atoms with Crippen LogP contribution in [0, 0.1) is 5.92 Å². The molecule has 1 unspecified atom stereocenters. The molecule has 1 atom stereocenters. The van der Waals surface area contributed by atoms with Gasteiger partial charge < -0.3 is 14.6 Å². The topological polar surface area (TPSA) is 49.4 Å². The number of carbonyl (C=O) groups excluding carboxylic acids is 1. The third-order valence-electron chi connectivity index (χ3n) is 6.58. The summed E-state index contributed by atoms with van der Waals surface area (Å²) in [4.78, 5) is 10.6. The fourth-order valence-electron chi connectivity index (χ4n) is 4.32. The number of benzene rings is 2. The fraction of sp³-hybridized carbons (Fsp3) is 0.485. The maximum atomic E-state index is 10.6. The lowest BCUT2D eigenvalue weighted by molar-refractivity contribution is -0.311. The Bertz CT molecular complexity index is 921. The molecule has 0 N–H and O–H groups in total. The highest BCUT2D eigenvalue weighted by Crippen LogP contribution is 2.26. The monoisotopic (exact) mass is 489 g/mol. The quantitative estimate of drug-likeness (QED) is 0.210. The van der Waals surface area contributed by atoms with Gasteiger partial charge in [-0.15, -0.1) is 0 Å². The Balaban J connectivity index is 0.000000269. The van der Waals surface area contributed by atoms with E-state index in [0.29, 0.717) is 6.42 Å². The Labute approximate surface area is 219 Å². The van der Waals surface area contributed by atoms with Gasteiger partial charge in [-0.3, -0.25) is 0 Å². The van der Waals surface area contributed by atoms with Crippen LogP contribution in [-0.2, 0) is 4.79 Å². The summed E-state index contributed by atoms with van der Waals surface area (Å²) < 4.78 is 5.80. The number of ether oxygens (including phenoxy) is 1. The summed E-state index contributed by atoms with van der Waals surface area (Å²) in [5, 5.41) is 10.6. The molecule has 3 rings (SSSR count). The van der Waals surface area contributed by atoms with Crippen LogP contribution < -0.4 is 9.84 Å². The van der Waals surface area contributed by atoms with Crippen LogP contribution in [0.5, 0.6) is 5.75 Å². The van der Waals surface area contributed by atoms with Crippen LogP contribution in [0.3, 0.4) is 0 Å². The van der Waals surface area contributed by atoms with Crippen molar-refractivity contribution < 1.29 is 14.6 Å². The number of carboxylic acid groups (broad SMARTS) is 1. The highest BCUT2D eigenvalue weighted by molar-refractivity contribution is 5.68. The Morgan fingerprint density at radius 3 is 2.22 bits per heavy atom. The predicted molar refractivity (Wildman–Crippen MR) is 150 cm³/mol. The zero-order valence-corrected chi connectivity index (χ0v) is 22.6. The van der Waals surface area contributed by atoms with E-state index >= 15 is 0 Å². The van der Waals surface area contributed by atoms with Gasteiger partial charge in [-0.05, 0) is 75.6 Å². The van der Waals surface area contributed by atoms with E-state index < -0.39 is 5.97 Å². The van der Waals surface area contributed by atoms with Gasteiger partial charge in [0.25, 0.3) is 0 Å². The molecule has 196 valence electrons. The molecule has 0 heterocycles. The summed E-state index contributed by atoms with van der Waals surface area (Å²) >= 11 is 0. The second-order valence-corrected chi connectivity index (χ2v) is 9.98. The maximum Gasteiger partial charge on any atom is 0.119 e. The highest BCUT2D eigenvalue weighted by Gasteiger charge is 2.14. The molecular formula is C33H45O3-. The first-order valence-corrected chi connectivity index (χ1v) is 13.8. The second kappa shape index (κ2) is 17.6. The third kappa shape index (κ3) is 12.2. The van der Waals surface area contributed by atoms with E-state index in [2.05, 4.69) is 81.5 Å². The first-order valence-electron chi connectivity index (χ1n) is 13.8. The number of carbonyl (C=O) groups is 1. The van der Waals surface area contributed by atoms with Crippen molar-refractivity contribution in [1.29, 1.82) is 0 Å². The van der Waals surface area contributed by atoms with Gasteiger partial charge in [-0.1, -0.05) is 105 Å². The standard InChI is InChI=1S/C20H26O.C13H20O2/c1-2-3-4-5-6-10-17-21-20-15-13-19(14-16-20)18-11-8-7-9-12-18;1-10(2)4-3-5-11-6-8-12(9-7-11)13(14)15/h7-9,11-16H,2-6,10,17H2,1H3;4,6,12H,3,5,7-9H2,1-2H3,(H,14,15)/p-1. The van der Waals surface area contributed by atoms with E-state index in [1.165, 1.54) is 54.4 Å². The van der Waals surface area contributed by atoms with Crippen LogP contribution in [0.2, 0.25) is 0 Å². The predicted octanol–water partition coefficient (Wildman–Crippen LogP) is 8.30. The van der Waals surface area contributed by atoms with Crippen LogP contribution in [0.1, 0.15) is 91.4 Å². The van der Waals surface area contributed by atoms with Crippen molar-refractivity contribution in [3.05, 3.63) is 77.9 Å². The molecule has 0 spiro atoms. The SMILES string of the molecule is CC(C)=CCCC1=CCC(C(=O)[O-])CC1.CCCCCCCCOc1ccc(-c2ccccc2)cc1. The van der Waals surface area contributed by atoms with Gasteiger partial charge in [-0.25, -0.2) is 0 Å². The van der Waals surface area contributed by atoms with Crippen LogP contribution >= 0.6 is 0 Å². The van der Waals surface area contributed by atoms with Crippen molar-refractivity contribution in [1.82, 2.24) is 0 Å². The summed E-state index contributed by atoms with van der Waals surface area (Å²) in [6, 6.07) is 18.8. The molecule has 0 fully saturated rings. The average molecular weight is 490 g/mol. The van der Waals surface area contributed by atoms with Crippen LogP contribution in [0.4, 0.5) is 0 Å². The molecule has 0 bridgehead atoms. The minimum atomic E-state index is -0.894. The van der Waals surface area contributed by atoms with Crippen molar-refractivity contribution in [2.45, 2.75) is 91.4 Å². The van der Waals surface area contributed by atoms with Crippen molar-refractivity contribution in [3.8, 4) is 16.9 Å². The molecule has 2 aromatic rings. The molecule has 0 aromatic heterocycles. The van der Waals surface area contributed by atoms with Gasteiger partial charge in [0.05, 0.1) is 6.61 Å². The van der Waals surface area contributed by atoms with Crippen LogP contribution in [0.25, 0.3) is 11.1 Å².